The maximum Gasteiger partial charge on any atom is 0.252 e. The summed E-state index contributed by atoms with van der Waals surface area (Å²) in [4.78, 5) is 14.9. The second-order valence-electron chi connectivity index (χ2n) is 5.92. The summed E-state index contributed by atoms with van der Waals surface area (Å²) in [6.45, 7) is 1.90. The fourth-order valence-electron chi connectivity index (χ4n) is 2.54. The van der Waals surface area contributed by atoms with Gasteiger partial charge in [0, 0.05) is 22.6 Å². The van der Waals surface area contributed by atoms with E-state index in [-0.39, 0.29) is 17.9 Å². The van der Waals surface area contributed by atoms with E-state index in [1.165, 1.54) is 0 Å². The van der Waals surface area contributed by atoms with E-state index in [1.807, 2.05) is 25.1 Å². The standard InChI is InChI=1S/C18H17ClN2O3S/c1-12-2-7-17-14(8-12)9-15(18(22)21-17)10-20-25(23,24)11-13-3-5-16(19)6-4-13/h2-9,20H,10-11H2,1H3,(H,21,22). The highest BCUT2D eigenvalue weighted by atomic mass is 35.5. The van der Waals surface area contributed by atoms with Crippen LogP contribution in [0.2, 0.25) is 5.02 Å². The van der Waals surface area contributed by atoms with E-state index >= 15 is 0 Å². The van der Waals surface area contributed by atoms with Crippen molar-refractivity contribution in [2.45, 2.75) is 19.2 Å². The minimum absolute atomic E-state index is 0.0604. The second kappa shape index (κ2) is 7.00. The average molecular weight is 377 g/mol. The van der Waals surface area contributed by atoms with Gasteiger partial charge in [0.25, 0.3) is 5.56 Å². The van der Waals surface area contributed by atoms with Crippen LogP contribution in [0.5, 0.6) is 0 Å². The number of hydrogen-bond acceptors (Lipinski definition) is 3. The molecule has 7 heteroatoms. The summed E-state index contributed by atoms with van der Waals surface area (Å²) >= 11 is 5.80. The molecule has 0 unspecified atom stereocenters. The minimum atomic E-state index is -3.57. The third kappa shape index (κ3) is 4.48. The molecule has 3 aromatic rings. The number of aromatic amines is 1. The van der Waals surface area contributed by atoms with Crippen LogP contribution in [-0.4, -0.2) is 13.4 Å². The fraction of sp³-hybridized carbons (Fsp3) is 0.167. The van der Waals surface area contributed by atoms with E-state index in [2.05, 4.69) is 9.71 Å². The molecule has 0 saturated carbocycles. The van der Waals surface area contributed by atoms with Gasteiger partial charge in [-0.2, -0.15) is 0 Å². The maximum atomic E-state index is 12.2. The Balaban J connectivity index is 1.78. The molecule has 3 rings (SSSR count). The van der Waals surface area contributed by atoms with Gasteiger partial charge in [-0.25, -0.2) is 13.1 Å². The van der Waals surface area contributed by atoms with Crippen molar-refractivity contribution < 1.29 is 8.42 Å². The molecule has 2 aromatic carbocycles. The summed E-state index contributed by atoms with van der Waals surface area (Å²) in [6, 6.07) is 14.0. The predicted octanol–water partition coefficient (Wildman–Crippen LogP) is 3.11. The molecule has 0 bridgehead atoms. The molecule has 25 heavy (non-hydrogen) atoms. The highest BCUT2D eigenvalue weighted by Gasteiger charge is 2.13. The van der Waals surface area contributed by atoms with E-state index < -0.39 is 10.0 Å². The molecule has 0 amide bonds. The Labute approximate surface area is 150 Å². The van der Waals surface area contributed by atoms with Crippen LogP contribution in [0.15, 0.2) is 53.3 Å². The summed E-state index contributed by atoms with van der Waals surface area (Å²) < 4.78 is 26.9. The van der Waals surface area contributed by atoms with Gasteiger partial charge >= 0.3 is 0 Å². The van der Waals surface area contributed by atoms with Crippen LogP contribution in [-0.2, 0) is 22.3 Å². The Morgan fingerprint density at radius 2 is 1.80 bits per heavy atom. The predicted molar refractivity (Wildman–Crippen MR) is 100 cm³/mol. The number of aromatic nitrogens is 1. The van der Waals surface area contributed by atoms with Gasteiger partial charge in [-0.1, -0.05) is 35.4 Å². The molecule has 5 nitrogen and oxygen atoms in total. The summed E-state index contributed by atoms with van der Waals surface area (Å²) in [5, 5.41) is 1.42. The van der Waals surface area contributed by atoms with Crippen LogP contribution in [0.3, 0.4) is 0 Å². The third-order valence-corrected chi connectivity index (χ3v) is 5.38. The Hall–Kier alpha value is -2.15. The van der Waals surface area contributed by atoms with Gasteiger partial charge in [-0.05, 0) is 48.2 Å². The number of rotatable bonds is 5. The van der Waals surface area contributed by atoms with E-state index in [0.29, 0.717) is 16.1 Å². The van der Waals surface area contributed by atoms with Crippen molar-refractivity contribution in [3.63, 3.8) is 0 Å². The summed E-state index contributed by atoms with van der Waals surface area (Å²) in [5.41, 5.74) is 2.49. The summed E-state index contributed by atoms with van der Waals surface area (Å²) in [5.74, 6) is -0.172. The number of nitrogens with one attached hydrogen (secondary N) is 2. The Kier molecular flexibility index (Phi) is 4.94. The first-order valence-corrected chi connectivity index (χ1v) is 9.70. The van der Waals surface area contributed by atoms with E-state index in [4.69, 9.17) is 11.6 Å². The lowest BCUT2D eigenvalue weighted by atomic mass is 10.1. The number of benzene rings is 2. The maximum absolute atomic E-state index is 12.2. The van der Waals surface area contributed by atoms with Gasteiger partial charge < -0.3 is 4.98 Å². The van der Waals surface area contributed by atoms with E-state index in [9.17, 15) is 13.2 Å². The zero-order chi connectivity index (χ0) is 18.0. The van der Waals surface area contributed by atoms with Crippen molar-refractivity contribution in [3.8, 4) is 0 Å². The quantitative estimate of drug-likeness (QED) is 0.718. The highest BCUT2D eigenvalue weighted by molar-refractivity contribution is 7.88. The SMILES string of the molecule is Cc1ccc2[nH]c(=O)c(CNS(=O)(=O)Cc3ccc(Cl)cc3)cc2c1. The van der Waals surface area contributed by atoms with Crippen molar-refractivity contribution >= 4 is 32.5 Å². The van der Waals surface area contributed by atoms with Gasteiger partial charge in [0.15, 0.2) is 0 Å². The molecule has 0 aliphatic heterocycles. The summed E-state index contributed by atoms with van der Waals surface area (Å²) in [7, 11) is -3.57. The Morgan fingerprint density at radius 3 is 2.52 bits per heavy atom. The molecule has 0 atom stereocenters. The first kappa shape index (κ1) is 17.7. The molecule has 1 aromatic heterocycles. The second-order valence-corrected chi connectivity index (χ2v) is 8.16. The third-order valence-electron chi connectivity index (χ3n) is 3.83. The lowest BCUT2D eigenvalue weighted by Gasteiger charge is -2.08. The van der Waals surface area contributed by atoms with Crippen LogP contribution >= 0.6 is 11.6 Å². The highest BCUT2D eigenvalue weighted by Crippen LogP contribution is 2.14. The molecule has 0 aliphatic rings. The first-order chi connectivity index (χ1) is 11.8. The average Bonchev–Trinajstić information content (AvgIpc) is 2.55. The van der Waals surface area contributed by atoms with Crippen molar-refractivity contribution in [2.24, 2.45) is 0 Å². The number of fused-ring (bicyclic) bond motifs is 1. The lowest BCUT2D eigenvalue weighted by Crippen LogP contribution is -2.28. The fourth-order valence-corrected chi connectivity index (χ4v) is 3.78. The molecule has 0 fully saturated rings. The molecule has 130 valence electrons. The van der Waals surface area contributed by atoms with Crippen molar-refractivity contribution in [1.82, 2.24) is 9.71 Å². The molecule has 0 saturated heterocycles. The Bertz CT molecular complexity index is 1070. The van der Waals surface area contributed by atoms with Crippen LogP contribution in [0, 0.1) is 6.92 Å². The van der Waals surface area contributed by atoms with Crippen LogP contribution in [0.25, 0.3) is 10.9 Å². The molecule has 2 N–H and O–H groups in total. The molecular weight excluding hydrogens is 360 g/mol. The molecule has 1 heterocycles. The smallest absolute Gasteiger partial charge is 0.252 e. The van der Waals surface area contributed by atoms with Crippen molar-refractivity contribution in [3.05, 3.63) is 80.6 Å². The van der Waals surface area contributed by atoms with Crippen molar-refractivity contribution in [2.75, 3.05) is 0 Å². The molecule has 0 aliphatic carbocycles. The van der Waals surface area contributed by atoms with Gasteiger partial charge in [-0.3, -0.25) is 4.79 Å². The zero-order valence-electron chi connectivity index (χ0n) is 13.5. The van der Waals surface area contributed by atoms with Crippen molar-refractivity contribution in [1.29, 1.82) is 0 Å². The van der Waals surface area contributed by atoms with Crippen LogP contribution in [0.1, 0.15) is 16.7 Å². The van der Waals surface area contributed by atoms with E-state index in [1.54, 1.807) is 30.3 Å². The Morgan fingerprint density at radius 1 is 1.08 bits per heavy atom. The first-order valence-electron chi connectivity index (χ1n) is 7.67. The van der Waals surface area contributed by atoms with Crippen LogP contribution < -0.4 is 10.3 Å². The van der Waals surface area contributed by atoms with E-state index in [0.717, 1.165) is 16.5 Å². The largest absolute Gasteiger partial charge is 0.322 e. The summed E-state index contributed by atoms with van der Waals surface area (Å²) in [6.07, 6.45) is 0. The number of pyridine rings is 1. The molecular formula is C18H17ClN2O3S. The number of halogens is 1. The van der Waals surface area contributed by atoms with Gasteiger partial charge in [0.1, 0.15) is 0 Å². The topological polar surface area (TPSA) is 79.0 Å². The number of hydrogen-bond donors (Lipinski definition) is 2. The van der Waals surface area contributed by atoms with Gasteiger partial charge in [-0.15, -0.1) is 0 Å². The zero-order valence-corrected chi connectivity index (χ0v) is 15.1. The minimum Gasteiger partial charge on any atom is -0.322 e. The van der Waals surface area contributed by atoms with Crippen LogP contribution in [0.4, 0.5) is 0 Å². The van der Waals surface area contributed by atoms with Gasteiger partial charge in [0.05, 0.1) is 5.75 Å². The number of sulfonamides is 1. The number of H-pyrrole nitrogens is 1. The normalized spacial score (nSPS) is 11.8. The monoisotopic (exact) mass is 376 g/mol. The number of aryl methyl sites for hydroxylation is 1. The molecule has 0 spiro atoms. The molecule has 0 radical (unpaired) electrons. The van der Waals surface area contributed by atoms with Gasteiger partial charge in [0.2, 0.25) is 10.0 Å². The lowest BCUT2D eigenvalue weighted by molar-refractivity contribution is 0.580.